The van der Waals surface area contributed by atoms with Gasteiger partial charge in [-0.15, -0.1) is 11.3 Å². The van der Waals surface area contributed by atoms with Gasteiger partial charge < -0.3 is 5.32 Å². The van der Waals surface area contributed by atoms with Crippen LogP contribution < -0.4 is 5.32 Å². The third-order valence-corrected chi connectivity index (χ3v) is 3.50. The maximum Gasteiger partial charge on any atom is 0.271 e. The molecule has 2 aromatic rings. The molecule has 0 saturated heterocycles. The molecule has 0 unspecified atom stereocenters. The van der Waals surface area contributed by atoms with Crippen molar-refractivity contribution in [2.75, 3.05) is 0 Å². The molecular formula is C13H13ClN2OS. The Morgan fingerprint density at radius 2 is 2.00 bits per heavy atom. The monoisotopic (exact) mass is 280 g/mol. The van der Waals surface area contributed by atoms with Crippen molar-refractivity contribution >= 4 is 28.8 Å². The molecule has 5 heteroatoms. The second-order valence-corrected chi connectivity index (χ2v) is 5.61. The molecule has 18 heavy (non-hydrogen) atoms. The molecule has 1 aromatic carbocycles. The average Bonchev–Trinajstić information content (AvgIpc) is 2.82. The standard InChI is InChI=1S/C13H13ClN2OS/c1-13(2,9-3-5-10(14)6-4-9)16-12(17)11-7-18-8-15-11/h3-8H,1-2H3,(H,16,17). The molecule has 0 bridgehead atoms. The number of carbonyl (C=O) groups is 1. The molecule has 3 nitrogen and oxygen atoms in total. The predicted octanol–water partition coefficient (Wildman–Crippen LogP) is 3.46. The number of rotatable bonds is 3. The summed E-state index contributed by atoms with van der Waals surface area (Å²) in [6.45, 7) is 3.89. The number of thiazole rings is 1. The van der Waals surface area contributed by atoms with E-state index in [0.717, 1.165) is 5.56 Å². The second kappa shape index (κ2) is 5.08. The van der Waals surface area contributed by atoms with Crippen molar-refractivity contribution in [3.8, 4) is 0 Å². The van der Waals surface area contributed by atoms with Crippen molar-refractivity contribution < 1.29 is 4.79 Å². The van der Waals surface area contributed by atoms with E-state index in [1.165, 1.54) is 11.3 Å². The van der Waals surface area contributed by atoms with Gasteiger partial charge in [-0.2, -0.15) is 0 Å². The van der Waals surface area contributed by atoms with E-state index in [1.807, 2.05) is 38.1 Å². The number of nitrogens with zero attached hydrogens (tertiary/aromatic N) is 1. The van der Waals surface area contributed by atoms with Crippen molar-refractivity contribution in [3.63, 3.8) is 0 Å². The van der Waals surface area contributed by atoms with Gasteiger partial charge in [-0.25, -0.2) is 4.98 Å². The normalized spacial score (nSPS) is 11.3. The number of aromatic nitrogens is 1. The van der Waals surface area contributed by atoms with Crippen molar-refractivity contribution in [1.29, 1.82) is 0 Å². The first-order valence-corrected chi connectivity index (χ1v) is 6.78. The Hall–Kier alpha value is -1.39. The van der Waals surface area contributed by atoms with Gasteiger partial charge >= 0.3 is 0 Å². The van der Waals surface area contributed by atoms with E-state index >= 15 is 0 Å². The summed E-state index contributed by atoms with van der Waals surface area (Å²) in [7, 11) is 0. The van der Waals surface area contributed by atoms with Crippen LogP contribution in [0.2, 0.25) is 5.02 Å². The van der Waals surface area contributed by atoms with Gasteiger partial charge in [-0.3, -0.25) is 4.79 Å². The maximum atomic E-state index is 12.0. The van der Waals surface area contributed by atoms with Crippen LogP contribution in [0.15, 0.2) is 35.2 Å². The summed E-state index contributed by atoms with van der Waals surface area (Å²) in [5.74, 6) is -0.170. The molecule has 0 radical (unpaired) electrons. The van der Waals surface area contributed by atoms with Gasteiger partial charge in [0.2, 0.25) is 0 Å². The fourth-order valence-corrected chi connectivity index (χ4v) is 2.27. The zero-order valence-electron chi connectivity index (χ0n) is 10.1. The zero-order valence-corrected chi connectivity index (χ0v) is 11.7. The van der Waals surface area contributed by atoms with E-state index in [1.54, 1.807) is 10.9 Å². The SMILES string of the molecule is CC(C)(NC(=O)c1cscn1)c1ccc(Cl)cc1. The summed E-state index contributed by atoms with van der Waals surface area (Å²) in [6, 6.07) is 7.44. The van der Waals surface area contributed by atoms with E-state index in [-0.39, 0.29) is 5.91 Å². The van der Waals surface area contributed by atoms with Gasteiger partial charge in [0.25, 0.3) is 5.91 Å². The van der Waals surface area contributed by atoms with Gasteiger partial charge in [0.15, 0.2) is 0 Å². The fourth-order valence-electron chi connectivity index (χ4n) is 1.61. The van der Waals surface area contributed by atoms with E-state index in [4.69, 9.17) is 11.6 Å². The molecule has 1 aromatic heterocycles. The molecule has 0 spiro atoms. The summed E-state index contributed by atoms with van der Waals surface area (Å²) < 4.78 is 0. The number of benzene rings is 1. The zero-order chi connectivity index (χ0) is 13.2. The smallest absolute Gasteiger partial charge is 0.271 e. The Balaban J connectivity index is 2.16. The number of halogens is 1. The first kappa shape index (κ1) is 13.1. The molecule has 0 aliphatic rings. The van der Waals surface area contributed by atoms with Crippen LogP contribution in [0, 0.1) is 0 Å². The summed E-state index contributed by atoms with van der Waals surface area (Å²) in [5, 5.41) is 5.37. The van der Waals surface area contributed by atoms with Crippen LogP contribution in [0.1, 0.15) is 29.9 Å². The van der Waals surface area contributed by atoms with Crippen LogP contribution in [0.3, 0.4) is 0 Å². The highest BCUT2D eigenvalue weighted by atomic mass is 35.5. The molecule has 1 heterocycles. The fraction of sp³-hybridized carbons (Fsp3) is 0.231. The molecule has 0 atom stereocenters. The molecular weight excluding hydrogens is 268 g/mol. The Morgan fingerprint density at radius 1 is 1.33 bits per heavy atom. The van der Waals surface area contributed by atoms with Crippen LogP contribution in [-0.4, -0.2) is 10.9 Å². The number of amides is 1. The number of carbonyl (C=O) groups excluding carboxylic acids is 1. The van der Waals surface area contributed by atoms with Crippen molar-refractivity contribution in [2.45, 2.75) is 19.4 Å². The number of nitrogens with one attached hydrogen (secondary N) is 1. The van der Waals surface area contributed by atoms with Crippen molar-refractivity contribution in [3.05, 3.63) is 51.4 Å². The second-order valence-electron chi connectivity index (χ2n) is 4.46. The van der Waals surface area contributed by atoms with E-state index in [0.29, 0.717) is 10.7 Å². The Bertz CT molecular complexity index is 535. The highest BCUT2D eigenvalue weighted by molar-refractivity contribution is 7.07. The van der Waals surface area contributed by atoms with Gasteiger partial charge in [-0.05, 0) is 31.5 Å². The van der Waals surface area contributed by atoms with Crippen LogP contribution in [-0.2, 0) is 5.54 Å². The third kappa shape index (κ3) is 2.89. The lowest BCUT2D eigenvalue weighted by Gasteiger charge is -2.26. The predicted molar refractivity (Wildman–Crippen MR) is 74.1 cm³/mol. The van der Waals surface area contributed by atoms with Gasteiger partial charge in [0, 0.05) is 10.4 Å². The Labute approximate surface area is 115 Å². The average molecular weight is 281 g/mol. The molecule has 0 aliphatic carbocycles. The molecule has 94 valence electrons. The highest BCUT2D eigenvalue weighted by Crippen LogP contribution is 2.22. The first-order valence-electron chi connectivity index (χ1n) is 5.46. The third-order valence-electron chi connectivity index (χ3n) is 2.66. The van der Waals surface area contributed by atoms with Crippen LogP contribution in [0.25, 0.3) is 0 Å². The van der Waals surface area contributed by atoms with E-state index in [9.17, 15) is 4.79 Å². The Kier molecular flexibility index (Phi) is 3.68. The van der Waals surface area contributed by atoms with E-state index < -0.39 is 5.54 Å². The van der Waals surface area contributed by atoms with Gasteiger partial charge in [0.05, 0.1) is 11.0 Å². The lowest BCUT2D eigenvalue weighted by atomic mass is 9.94. The van der Waals surface area contributed by atoms with Crippen LogP contribution in [0.4, 0.5) is 0 Å². The minimum Gasteiger partial charge on any atom is -0.342 e. The van der Waals surface area contributed by atoms with Crippen LogP contribution in [0.5, 0.6) is 0 Å². The van der Waals surface area contributed by atoms with Crippen molar-refractivity contribution in [1.82, 2.24) is 10.3 Å². The van der Waals surface area contributed by atoms with Crippen LogP contribution >= 0.6 is 22.9 Å². The summed E-state index contributed by atoms with van der Waals surface area (Å²) in [4.78, 5) is 16.0. The lowest BCUT2D eigenvalue weighted by Crippen LogP contribution is -2.41. The molecule has 0 aliphatic heterocycles. The summed E-state index contributed by atoms with van der Waals surface area (Å²) in [6.07, 6.45) is 0. The molecule has 1 amide bonds. The van der Waals surface area contributed by atoms with Crippen molar-refractivity contribution in [2.24, 2.45) is 0 Å². The quantitative estimate of drug-likeness (QED) is 0.935. The molecule has 2 rings (SSSR count). The largest absolute Gasteiger partial charge is 0.342 e. The summed E-state index contributed by atoms with van der Waals surface area (Å²) >= 11 is 7.26. The number of hydrogen-bond donors (Lipinski definition) is 1. The van der Waals surface area contributed by atoms with E-state index in [2.05, 4.69) is 10.3 Å². The minimum atomic E-state index is -0.467. The number of hydrogen-bond acceptors (Lipinski definition) is 3. The molecule has 0 fully saturated rings. The summed E-state index contributed by atoms with van der Waals surface area (Å²) in [5.41, 5.74) is 2.62. The Morgan fingerprint density at radius 3 is 2.56 bits per heavy atom. The van der Waals surface area contributed by atoms with Gasteiger partial charge in [-0.1, -0.05) is 23.7 Å². The molecule has 1 N–H and O–H groups in total. The minimum absolute atomic E-state index is 0.170. The maximum absolute atomic E-state index is 12.0. The lowest BCUT2D eigenvalue weighted by molar-refractivity contribution is 0.0907. The molecule has 0 saturated carbocycles. The van der Waals surface area contributed by atoms with Gasteiger partial charge in [0.1, 0.15) is 5.69 Å². The topological polar surface area (TPSA) is 42.0 Å². The first-order chi connectivity index (χ1) is 8.49. The highest BCUT2D eigenvalue weighted by Gasteiger charge is 2.24.